The van der Waals surface area contributed by atoms with E-state index >= 15 is 0 Å². The average molecular weight is 415 g/mol. The van der Waals surface area contributed by atoms with Crippen LogP contribution in [-0.2, 0) is 11.3 Å². The molecule has 3 rings (SSSR count). The molecule has 0 fully saturated rings. The molecule has 0 unspecified atom stereocenters. The summed E-state index contributed by atoms with van der Waals surface area (Å²) in [5.74, 6) is -0.101. The molecule has 1 aromatic heterocycles. The summed E-state index contributed by atoms with van der Waals surface area (Å²) in [5, 5.41) is 12.7. The standard InChI is InChI=1S/C20H16Cl2N4O2/c21-15-6-7-16(17(22)11-15)18-9-10-23-20(25-18)24-12-14-3-1-13(2-4-14)5-8-19(27)26-28/h1-11,28H,12H2,(H,26,27)(H,23,24,25). The molecule has 0 aliphatic heterocycles. The fraction of sp³-hybridized carbons (Fsp3) is 0.0500. The minimum absolute atomic E-state index is 0.479. The van der Waals surface area contributed by atoms with E-state index in [1.807, 2.05) is 30.3 Å². The lowest BCUT2D eigenvalue weighted by Gasteiger charge is -2.08. The van der Waals surface area contributed by atoms with E-state index in [-0.39, 0.29) is 0 Å². The Morgan fingerprint density at radius 2 is 1.89 bits per heavy atom. The van der Waals surface area contributed by atoms with Crippen molar-refractivity contribution in [3.8, 4) is 11.3 Å². The van der Waals surface area contributed by atoms with Crippen molar-refractivity contribution in [2.24, 2.45) is 0 Å². The van der Waals surface area contributed by atoms with Crippen LogP contribution >= 0.6 is 23.2 Å². The van der Waals surface area contributed by atoms with Crippen molar-refractivity contribution in [3.63, 3.8) is 0 Å². The van der Waals surface area contributed by atoms with Crippen LogP contribution in [0, 0.1) is 0 Å². The Labute approximate surface area is 171 Å². The van der Waals surface area contributed by atoms with Crippen molar-refractivity contribution in [1.29, 1.82) is 0 Å². The van der Waals surface area contributed by atoms with Crippen LogP contribution in [0.25, 0.3) is 17.3 Å². The first kappa shape index (κ1) is 19.8. The highest BCUT2D eigenvalue weighted by atomic mass is 35.5. The molecule has 0 bridgehead atoms. The number of amides is 1. The monoisotopic (exact) mass is 414 g/mol. The van der Waals surface area contributed by atoms with Crippen molar-refractivity contribution in [2.45, 2.75) is 6.54 Å². The number of anilines is 1. The number of nitrogens with zero attached hydrogens (tertiary/aromatic N) is 2. The molecule has 0 aliphatic rings. The minimum atomic E-state index is -0.580. The zero-order chi connectivity index (χ0) is 19.9. The first-order valence-corrected chi connectivity index (χ1v) is 9.04. The molecule has 0 radical (unpaired) electrons. The number of hydrogen-bond acceptors (Lipinski definition) is 5. The van der Waals surface area contributed by atoms with Gasteiger partial charge in [-0.15, -0.1) is 0 Å². The van der Waals surface area contributed by atoms with Gasteiger partial charge in [-0.1, -0.05) is 47.5 Å². The zero-order valence-electron chi connectivity index (χ0n) is 14.6. The summed E-state index contributed by atoms with van der Waals surface area (Å²) < 4.78 is 0. The molecule has 0 atom stereocenters. The lowest BCUT2D eigenvalue weighted by molar-refractivity contribution is -0.124. The first-order valence-electron chi connectivity index (χ1n) is 8.28. The van der Waals surface area contributed by atoms with Gasteiger partial charge in [-0.3, -0.25) is 10.0 Å². The Morgan fingerprint density at radius 3 is 2.61 bits per heavy atom. The Kier molecular flexibility index (Phi) is 6.60. The predicted molar refractivity (Wildman–Crippen MR) is 110 cm³/mol. The SMILES string of the molecule is O=C(C=Cc1ccc(CNc2nccc(-c3ccc(Cl)cc3Cl)n2)cc1)NO. The fourth-order valence-corrected chi connectivity index (χ4v) is 2.93. The number of carbonyl (C=O) groups excluding carboxylic acids is 1. The topological polar surface area (TPSA) is 87.1 Å². The number of halogens is 2. The number of aromatic nitrogens is 2. The van der Waals surface area contributed by atoms with Gasteiger partial charge in [0.2, 0.25) is 5.95 Å². The number of hydroxylamine groups is 1. The normalized spacial score (nSPS) is 10.8. The number of benzene rings is 2. The van der Waals surface area contributed by atoms with Gasteiger partial charge in [0.25, 0.3) is 5.91 Å². The highest BCUT2D eigenvalue weighted by Gasteiger charge is 2.07. The maximum absolute atomic E-state index is 11.0. The van der Waals surface area contributed by atoms with Gasteiger partial charge in [0.15, 0.2) is 0 Å². The molecule has 3 N–H and O–H groups in total. The molecule has 28 heavy (non-hydrogen) atoms. The molecule has 0 spiro atoms. The minimum Gasteiger partial charge on any atom is -0.350 e. The number of carbonyl (C=O) groups is 1. The zero-order valence-corrected chi connectivity index (χ0v) is 16.1. The molecule has 3 aromatic rings. The fourth-order valence-electron chi connectivity index (χ4n) is 2.43. The van der Waals surface area contributed by atoms with Crippen LogP contribution in [0.1, 0.15) is 11.1 Å². The van der Waals surface area contributed by atoms with Crippen LogP contribution in [0.5, 0.6) is 0 Å². The van der Waals surface area contributed by atoms with Crippen LogP contribution in [0.15, 0.2) is 60.8 Å². The third-order valence-corrected chi connectivity index (χ3v) is 4.38. The van der Waals surface area contributed by atoms with Crippen molar-refractivity contribution >= 4 is 41.1 Å². The third-order valence-electron chi connectivity index (χ3n) is 3.83. The maximum atomic E-state index is 11.0. The third kappa shape index (κ3) is 5.29. The lowest BCUT2D eigenvalue weighted by atomic mass is 10.1. The molecule has 2 aromatic carbocycles. The smallest absolute Gasteiger partial charge is 0.267 e. The predicted octanol–water partition coefficient (Wildman–Crippen LogP) is 4.58. The Morgan fingerprint density at radius 1 is 1.11 bits per heavy atom. The average Bonchev–Trinajstić information content (AvgIpc) is 2.71. The summed E-state index contributed by atoms with van der Waals surface area (Å²) in [6, 6.07) is 14.6. The molecule has 1 heterocycles. The first-order chi connectivity index (χ1) is 13.5. The number of hydrogen-bond donors (Lipinski definition) is 3. The van der Waals surface area contributed by atoms with Crippen molar-refractivity contribution in [3.05, 3.63) is 82.0 Å². The molecule has 0 saturated heterocycles. The number of rotatable bonds is 6. The number of nitrogens with one attached hydrogen (secondary N) is 2. The quantitative estimate of drug-likeness (QED) is 0.312. The van der Waals surface area contributed by atoms with E-state index in [0.717, 1.165) is 16.7 Å². The van der Waals surface area contributed by atoms with Crippen molar-refractivity contribution in [1.82, 2.24) is 15.4 Å². The second kappa shape index (κ2) is 9.32. The van der Waals surface area contributed by atoms with Crippen LogP contribution in [-0.4, -0.2) is 21.1 Å². The van der Waals surface area contributed by atoms with Gasteiger partial charge in [-0.2, -0.15) is 0 Å². The second-order valence-corrected chi connectivity index (χ2v) is 6.64. The molecular formula is C20H16Cl2N4O2. The van der Waals surface area contributed by atoms with Crippen LogP contribution in [0.3, 0.4) is 0 Å². The summed E-state index contributed by atoms with van der Waals surface area (Å²) >= 11 is 12.2. The van der Waals surface area contributed by atoms with Crippen LogP contribution in [0.4, 0.5) is 5.95 Å². The second-order valence-electron chi connectivity index (χ2n) is 5.79. The van der Waals surface area contributed by atoms with Crippen molar-refractivity contribution in [2.75, 3.05) is 5.32 Å². The molecule has 142 valence electrons. The van der Waals surface area contributed by atoms with E-state index in [4.69, 9.17) is 28.4 Å². The molecule has 0 aliphatic carbocycles. The van der Waals surface area contributed by atoms with E-state index < -0.39 is 5.91 Å². The molecule has 6 nitrogen and oxygen atoms in total. The largest absolute Gasteiger partial charge is 0.350 e. The van der Waals surface area contributed by atoms with Gasteiger partial charge in [0.05, 0.1) is 10.7 Å². The molecular weight excluding hydrogens is 399 g/mol. The van der Waals surface area contributed by atoms with Crippen LogP contribution in [0.2, 0.25) is 10.0 Å². The van der Waals surface area contributed by atoms with Gasteiger partial charge in [0, 0.05) is 29.4 Å². The van der Waals surface area contributed by atoms with E-state index in [9.17, 15) is 4.79 Å². The highest BCUT2D eigenvalue weighted by Crippen LogP contribution is 2.29. The van der Waals surface area contributed by atoms with E-state index in [0.29, 0.717) is 28.2 Å². The maximum Gasteiger partial charge on any atom is 0.267 e. The molecule has 8 heteroatoms. The van der Waals surface area contributed by atoms with E-state index in [2.05, 4.69) is 15.3 Å². The van der Waals surface area contributed by atoms with Gasteiger partial charge in [0.1, 0.15) is 0 Å². The van der Waals surface area contributed by atoms with Crippen molar-refractivity contribution < 1.29 is 10.0 Å². The summed E-state index contributed by atoms with van der Waals surface area (Å²) in [5.41, 5.74) is 4.87. The van der Waals surface area contributed by atoms with Gasteiger partial charge in [-0.05, 0) is 41.5 Å². The van der Waals surface area contributed by atoms with Gasteiger partial charge >= 0.3 is 0 Å². The van der Waals surface area contributed by atoms with E-state index in [1.165, 1.54) is 6.08 Å². The summed E-state index contributed by atoms with van der Waals surface area (Å²) in [6.45, 7) is 0.527. The van der Waals surface area contributed by atoms with Gasteiger partial charge < -0.3 is 5.32 Å². The van der Waals surface area contributed by atoms with E-state index in [1.54, 1.807) is 36.0 Å². The Hall–Kier alpha value is -2.93. The molecule has 0 saturated carbocycles. The summed E-state index contributed by atoms with van der Waals surface area (Å²) in [6.07, 6.45) is 4.51. The van der Waals surface area contributed by atoms with Crippen LogP contribution < -0.4 is 10.8 Å². The summed E-state index contributed by atoms with van der Waals surface area (Å²) in [4.78, 5) is 19.7. The Balaban J connectivity index is 1.66. The van der Waals surface area contributed by atoms with Gasteiger partial charge in [-0.25, -0.2) is 15.4 Å². The Bertz CT molecular complexity index is 1010. The highest BCUT2D eigenvalue weighted by molar-refractivity contribution is 6.36. The summed E-state index contributed by atoms with van der Waals surface area (Å²) in [7, 11) is 0. The lowest BCUT2D eigenvalue weighted by Crippen LogP contribution is -2.14. The molecule has 1 amide bonds.